The Bertz CT molecular complexity index is 853. The van der Waals surface area contributed by atoms with E-state index >= 15 is 0 Å². The molecule has 0 aliphatic carbocycles. The third-order valence-corrected chi connectivity index (χ3v) is 6.01. The van der Waals surface area contributed by atoms with Gasteiger partial charge in [0, 0.05) is 18.8 Å². The molecule has 1 N–H and O–H groups in total. The first-order valence-corrected chi connectivity index (χ1v) is 11.9. The zero-order valence-corrected chi connectivity index (χ0v) is 20.4. The van der Waals surface area contributed by atoms with Crippen molar-refractivity contribution in [2.24, 2.45) is 5.92 Å². The van der Waals surface area contributed by atoms with E-state index in [-0.39, 0.29) is 11.8 Å². The molecule has 0 heterocycles. The number of ether oxygens (including phenoxy) is 2. The van der Waals surface area contributed by atoms with Crippen molar-refractivity contribution in [3.05, 3.63) is 59.7 Å². The van der Waals surface area contributed by atoms with Crippen LogP contribution in [-0.4, -0.2) is 49.3 Å². The average molecular weight is 459 g/mol. The molecule has 0 spiro atoms. The van der Waals surface area contributed by atoms with E-state index in [0.29, 0.717) is 30.5 Å². The van der Waals surface area contributed by atoms with Crippen molar-refractivity contribution in [1.29, 1.82) is 0 Å². The summed E-state index contributed by atoms with van der Waals surface area (Å²) in [6.45, 7) is 6.81. The number of nitrogens with one attached hydrogen (secondary N) is 1. The Labute approximate surface area is 195 Å². The summed E-state index contributed by atoms with van der Waals surface area (Å²) in [6, 6.07) is 14.8. The van der Waals surface area contributed by atoms with Gasteiger partial charge in [0.15, 0.2) is 0 Å². The van der Waals surface area contributed by atoms with Crippen LogP contribution in [-0.2, 0) is 21.9 Å². The van der Waals surface area contributed by atoms with Crippen molar-refractivity contribution in [3.63, 3.8) is 0 Å². The third-order valence-electron chi connectivity index (χ3n) is 5.02. The van der Waals surface area contributed by atoms with Crippen molar-refractivity contribution < 1.29 is 19.1 Å². The van der Waals surface area contributed by atoms with E-state index in [9.17, 15) is 9.59 Å². The molecule has 0 aromatic heterocycles. The molecular formula is C25H34N2O4S. The highest BCUT2D eigenvalue weighted by Crippen LogP contribution is 2.19. The van der Waals surface area contributed by atoms with Crippen molar-refractivity contribution >= 4 is 23.6 Å². The lowest BCUT2D eigenvalue weighted by molar-refractivity contribution is -0.138. The van der Waals surface area contributed by atoms with Gasteiger partial charge in [0.05, 0.1) is 20.0 Å². The van der Waals surface area contributed by atoms with Crippen LogP contribution in [0.2, 0.25) is 0 Å². The highest BCUT2D eigenvalue weighted by atomic mass is 32.2. The fraction of sp³-hybridized carbons (Fsp3) is 0.440. The summed E-state index contributed by atoms with van der Waals surface area (Å²) in [4.78, 5) is 27.5. The first kappa shape index (κ1) is 25.6. The van der Waals surface area contributed by atoms with Gasteiger partial charge in [0.2, 0.25) is 11.8 Å². The molecule has 0 aliphatic rings. The highest BCUT2D eigenvalue weighted by molar-refractivity contribution is 7.99. The molecule has 2 aromatic rings. The number of carbonyl (C=O) groups excluding carboxylic acids is 2. The van der Waals surface area contributed by atoms with E-state index < -0.39 is 6.04 Å². The van der Waals surface area contributed by atoms with Gasteiger partial charge in [-0.1, -0.05) is 38.1 Å². The van der Waals surface area contributed by atoms with E-state index in [1.54, 1.807) is 26.0 Å². The zero-order valence-electron chi connectivity index (χ0n) is 19.6. The summed E-state index contributed by atoms with van der Waals surface area (Å²) >= 11 is 1.54. The summed E-state index contributed by atoms with van der Waals surface area (Å²) < 4.78 is 10.4. The molecule has 0 saturated carbocycles. The standard InChI is InChI=1S/C25H34N2O4S/c1-18(2)14-26-25(29)19(3)27(15-20-6-10-22(30-4)11-7-20)24(28)17-32-16-21-8-12-23(31-5)13-9-21/h6-13,18-19H,14-17H2,1-5H3,(H,26,29)/t19-/m1/s1. The van der Waals surface area contributed by atoms with Gasteiger partial charge >= 0.3 is 0 Å². The molecule has 7 heteroatoms. The largest absolute Gasteiger partial charge is 0.497 e. The predicted molar refractivity (Wildman–Crippen MR) is 130 cm³/mol. The number of thioether (sulfide) groups is 1. The van der Waals surface area contributed by atoms with Gasteiger partial charge in [0.25, 0.3) is 0 Å². The van der Waals surface area contributed by atoms with Crippen LogP contribution in [0.1, 0.15) is 31.9 Å². The second-order valence-electron chi connectivity index (χ2n) is 8.03. The Balaban J connectivity index is 2.04. The van der Waals surface area contributed by atoms with Gasteiger partial charge < -0.3 is 19.7 Å². The molecule has 0 fully saturated rings. The van der Waals surface area contributed by atoms with Crippen LogP contribution in [0.4, 0.5) is 0 Å². The zero-order chi connectivity index (χ0) is 23.5. The molecule has 174 valence electrons. The monoisotopic (exact) mass is 458 g/mol. The van der Waals surface area contributed by atoms with Gasteiger partial charge in [0.1, 0.15) is 17.5 Å². The number of hydrogen-bond acceptors (Lipinski definition) is 5. The highest BCUT2D eigenvalue weighted by Gasteiger charge is 2.26. The van der Waals surface area contributed by atoms with Crippen LogP contribution in [0.25, 0.3) is 0 Å². The second-order valence-corrected chi connectivity index (χ2v) is 9.01. The van der Waals surface area contributed by atoms with Crippen LogP contribution in [0.15, 0.2) is 48.5 Å². The Morgan fingerprint density at radius 3 is 1.94 bits per heavy atom. The maximum absolute atomic E-state index is 13.1. The van der Waals surface area contributed by atoms with Crippen molar-refractivity contribution in [2.75, 3.05) is 26.5 Å². The molecule has 32 heavy (non-hydrogen) atoms. The van der Waals surface area contributed by atoms with Crippen LogP contribution >= 0.6 is 11.8 Å². The van der Waals surface area contributed by atoms with Crippen LogP contribution in [0.3, 0.4) is 0 Å². The first-order chi connectivity index (χ1) is 15.3. The fourth-order valence-electron chi connectivity index (χ4n) is 3.02. The van der Waals surface area contributed by atoms with Gasteiger partial charge in [-0.3, -0.25) is 9.59 Å². The van der Waals surface area contributed by atoms with Gasteiger partial charge in [-0.2, -0.15) is 0 Å². The minimum Gasteiger partial charge on any atom is -0.497 e. The van der Waals surface area contributed by atoms with Gasteiger partial charge in [-0.25, -0.2) is 0 Å². The molecule has 0 bridgehead atoms. The van der Waals surface area contributed by atoms with E-state index in [1.807, 2.05) is 62.4 Å². The molecule has 0 unspecified atom stereocenters. The molecule has 0 saturated heterocycles. The van der Waals surface area contributed by atoms with Crippen LogP contribution < -0.4 is 14.8 Å². The molecule has 0 aliphatic heterocycles. The maximum atomic E-state index is 13.1. The number of benzene rings is 2. The van der Waals surface area contributed by atoms with Crippen LogP contribution in [0, 0.1) is 5.92 Å². The minimum atomic E-state index is -0.565. The Morgan fingerprint density at radius 2 is 1.44 bits per heavy atom. The Morgan fingerprint density at radius 1 is 0.906 bits per heavy atom. The SMILES string of the molecule is COc1ccc(CSCC(=O)N(Cc2ccc(OC)cc2)[C@H](C)C(=O)NCC(C)C)cc1. The number of rotatable bonds is 12. The predicted octanol–water partition coefficient (Wildman–Crippen LogP) is 4.13. The average Bonchev–Trinajstić information content (AvgIpc) is 2.81. The van der Waals surface area contributed by atoms with E-state index in [2.05, 4.69) is 5.32 Å². The van der Waals surface area contributed by atoms with Crippen molar-refractivity contribution in [1.82, 2.24) is 10.2 Å². The van der Waals surface area contributed by atoms with E-state index in [4.69, 9.17) is 9.47 Å². The normalized spacial score (nSPS) is 11.7. The molecule has 2 aromatic carbocycles. The number of methoxy groups -OCH3 is 2. The lowest BCUT2D eigenvalue weighted by atomic mass is 10.1. The molecular weight excluding hydrogens is 424 g/mol. The smallest absolute Gasteiger partial charge is 0.242 e. The number of amides is 2. The van der Waals surface area contributed by atoms with E-state index in [0.717, 1.165) is 22.6 Å². The Kier molecular flexibility index (Phi) is 10.4. The summed E-state index contributed by atoms with van der Waals surface area (Å²) in [5.74, 6) is 2.71. The molecule has 2 amide bonds. The maximum Gasteiger partial charge on any atom is 0.242 e. The van der Waals surface area contributed by atoms with Gasteiger partial charge in [-0.05, 0) is 48.2 Å². The molecule has 6 nitrogen and oxygen atoms in total. The number of hydrogen-bond donors (Lipinski definition) is 1. The van der Waals surface area contributed by atoms with Crippen molar-refractivity contribution in [3.8, 4) is 11.5 Å². The third kappa shape index (κ3) is 8.11. The summed E-state index contributed by atoms with van der Waals surface area (Å²) in [7, 11) is 3.25. The molecule has 1 atom stereocenters. The quantitative estimate of drug-likeness (QED) is 0.518. The van der Waals surface area contributed by atoms with Crippen molar-refractivity contribution in [2.45, 2.75) is 39.1 Å². The van der Waals surface area contributed by atoms with Crippen LogP contribution in [0.5, 0.6) is 11.5 Å². The minimum absolute atomic E-state index is 0.0634. The summed E-state index contributed by atoms with van der Waals surface area (Å²) in [5.41, 5.74) is 2.07. The van der Waals surface area contributed by atoms with E-state index in [1.165, 1.54) is 11.8 Å². The second kappa shape index (κ2) is 13.0. The Hall–Kier alpha value is -2.67. The summed E-state index contributed by atoms with van der Waals surface area (Å²) in [6.07, 6.45) is 0. The lowest BCUT2D eigenvalue weighted by Gasteiger charge is -2.29. The fourth-order valence-corrected chi connectivity index (χ4v) is 3.89. The molecule has 2 rings (SSSR count). The first-order valence-electron chi connectivity index (χ1n) is 10.7. The molecule has 0 radical (unpaired) electrons. The summed E-state index contributed by atoms with van der Waals surface area (Å²) in [5, 5.41) is 2.94. The number of nitrogens with zero attached hydrogens (tertiary/aromatic N) is 1. The topological polar surface area (TPSA) is 67.9 Å². The number of carbonyl (C=O) groups is 2. The van der Waals surface area contributed by atoms with Gasteiger partial charge in [-0.15, -0.1) is 11.8 Å². The lowest BCUT2D eigenvalue weighted by Crippen LogP contribution is -2.48.